The minimum absolute atomic E-state index is 0.134. The average Bonchev–Trinajstić information content (AvgIpc) is 2.28. The third kappa shape index (κ3) is 4.59. The normalized spacial score (nSPS) is 10.1. The van der Waals surface area contributed by atoms with Gasteiger partial charge in [-0.25, -0.2) is 0 Å². The van der Waals surface area contributed by atoms with Crippen LogP contribution >= 0.6 is 11.6 Å². The van der Waals surface area contributed by atoms with Crippen molar-refractivity contribution in [1.82, 2.24) is 10.3 Å². The van der Waals surface area contributed by atoms with Crippen molar-refractivity contribution in [2.45, 2.75) is 6.92 Å². The summed E-state index contributed by atoms with van der Waals surface area (Å²) in [5.41, 5.74) is 1.53. The van der Waals surface area contributed by atoms with Gasteiger partial charge in [0.05, 0.1) is 18.8 Å². The van der Waals surface area contributed by atoms with Crippen molar-refractivity contribution in [3.8, 4) is 0 Å². The molecular formula is C11H15ClN2O2. The van der Waals surface area contributed by atoms with Crippen LogP contribution in [0.25, 0.3) is 0 Å². The summed E-state index contributed by atoms with van der Waals surface area (Å²) in [6, 6.07) is 1.79. The second-order valence-corrected chi connectivity index (χ2v) is 3.69. The first kappa shape index (κ1) is 12.9. The summed E-state index contributed by atoms with van der Waals surface area (Å²) >= 11 is 5.44. The van der Waals surface area contributed by atoms with Gasteiger partial charge in [-0.2, -0.15) is 0 Å². The topological polar surface area (TPSA) is 51.2 Å². The van der Waals surface area contributed by atoms with Crippen LogP contribution in [-0.2, 0) is 4.74 Å². The highest BCUT2D eigenvalue weighted by molar-refractivity contribution is 6.17. The highest BCUT2D eigenvalue weighted by Gasteiger charge is 2.04. The van der Waals surface area contributed by atoms with Gasteiger partial charge in [0.1, 0.15) is 0 Å². The third-order valence-corrected chi connectivity index (χ3v) is 2.04. The molecule has 1 heterocycles. The lowest BCUT2D eigenvalue weighted by molar-refractivity contribution is 0.0923. The molecule has 0 spiro atoms. The maximum atomic E-state index is 11.6. The van der Waals surface area contributed by atoms with Crippen molar-refractivity contribution < 1.29 is 9.53 Å². The third-order valence-electron chi connectivity index (χ3n) is 1.89. The van der Waals surface area contributed by atoms with Crippen LogP contribution in [0.4, 0.5) is 0 Å². The lowest BCUT2D eigenvalue weighted by atomic mass is 10.2. The van der Waals surface area contributed by atoms with E-state index < -0.39 is 0 Å². The lowest BCUT2D eigenvalue weighted by Gasteiger charge is -2.05. The molecule has 0 saturated carbocycles. The number of carbonyl (C=O) groups excluding carboxylic acids is 1. The second-order valence-electron chi connectivity index (χ2n) is 3.31. The number of carbonyl (C=O) groups is 1. The van der Waals surface area contributed by atoms with Crippen LogP contribution in [0.2, 0.25) is 0 Å². The van der Waals surface area contributed by atoms with Crippen LogP contribution in [0.15, 0.2) is 18.5 Å². The number of hydrogen-bond donors (Lipinski definition) is 1. The van der Waals surface area contributed by atoms with Gasteiger partial charge in [-0.15, -0.1) is 11.6 Å². The fraction of sp³-hybridized carbons (Fsp3) is 0.455. The van der Waals surface area contributed by atoms with Gasteiger partial charge < -0.3 is 10.1 Å². The Labute approximate surface area is 100.0 Å². The highest BCUT2D eigenvalue weighted by Crippen LogP contribution is 2.00. The molecule has 1 N–H and O–H groups in total. The lowest BCUT2D eigenvalue weighted by Crippen LogP contribution is -2.27. The highest BCUT2D eigenvalue weighted by atomic mass is 35.5. The van der Waals surface area contributed by atoms with Crippen molar-refractivity contribution in [2.24, 2.45) is 0 Å². The van der Waals surface area contributed by atoms with Crippen molar-refractivity contribution in [2.75, 3.05) is 25.6 Å². The van der Waals surface area contributed by atoms with Gasteiger partial charge in [0.15, 0.2) is 0 Å². The zero-order valence-corrected chi connectivity index (χ0v) is 9.96. The Morgan fingerprint density at radius 2 is 2.31 bits per heavy atom. The number of aryl methyl sites for hydroxylation is 1. The van der Waals surface area contributed by atoms with E-state index in [0.29, 0.717) is 31.2 Å². The number of rotatable bonds is 6. The Hall–Kier alpha value is -1.13. The first-order chi connectivity index (χ1) is 7.74. The predicted molar refractivity (Wildman–Crippen MR) is 62.8 cm³/mol. The fourth-order valence-corrected chi connectivity index (χ4v) is 1.28. The van der Waals surface area contributed by atoms with E-state index in [1.54, 1.807) is 18.5 Å². The van der Waals surface area contributed by atoms with Crippen molar-refractivity contribution in [3.63, 3.8) is 0 Å². The summed E-state index contributed by atoms with van der Waals surface area (Å²) < 4.78 is 5.13. The van der Waals surface area contributed by atoms with E-state index in [1.165, 1.54) is 0 Å². The molecule has 88 valence electrons. The largest absolute Gasteiger partial charge is 0.378 e. The van der Waals surface area contributed by atoms with Gasteiger partial charge in [0, 0.05) is 24.8 Å². The van der Waals surface area contributed by atoms with E-state index in [-0.39, 0.29) is 5.91 Å². The molecule has 0 aliphatic carbocycles. The van der Waals surface area contributed by atoms with Crippen molar-refractivity contribution >= 4 is 17.5 Å². The van der Waals surface area contributed by atoms with Crippen LogP contribution < -0.4 is 5.32 Å². The minimum atomic E-state index is -0.134. The first-order valence-electron chi connectivity index (χ1n) is 5.07. The van der Waals surface area contributed by atoms with Crippen LogP contribution in [-0.4, -0.2) is 36.5 Å². The summed E-state index contributed by atoms with van der Waals surface area (Å²) in [6.45, 7) is 3.35. The number of amides is 1. The quantitative estimate of drug-likeness (QED) is 0.606. The molecule has 0 unspecified atom stereocenters. The van der Waals surface area contributed by atoms with E-state index in [1.807, 2.05) is 6.92 Å². The molecule has 4 nitrogen and oxygen atoms in total. The number of ether oxygens (including phenoxy) is 1. The molecule has 0 atom stereocenters. The maximum Gasteiger partial charge on any atom is 0.252 e. The molecule has 16 heavy (non-hydrogen) atoms. The van der Waals surface area contributed by atoms with E-state index in [0.717, 1.165) is 5.56 Å². The Balaban J connectivity index is 2.30. The smallest absolute Gasteiger partial charge is 0.252 e. The number of halogens is 1. The molecule has 0 fully saturated rings. The molecule has 1 aromatic heterocycles. The Kier molecular flexibility index (Phi) is 5.82. The van der Waals surface area contributed by atoms with E-state index >= 15 is 0 Å². The fourth-order valence-electron chi connectivity index (χ4n) is 1.17. The monoisotopic (exact) mass is 242 g/mol. The molecule has 5 heteroatoms. The molecule has 0 bridgehead atoms. The van der Waals surface area contributed by atoms with Gasteiger partial charge in [0.25, 0.3) is 5.91 Å². The number of hydrogen-bond acceptors (Lipinski definition) is 3. The molecule has 0 aromatic carbocycles. The summed E-state index contributed by atoms with van der Waals surface area (Å²) in [7, 11) is 0. The number of alkyl halides is 1. The van der Waals surface area contributed by atoms with Crippen LogP contribution in [0, 0.1) is 6.92 Å². The number of nitrogens with zero attached hydrogens (tertiary/aromatic N) is 1. The van der Waals surface area contributed by atoms with Gasteiger partial charge in [-0.1, -0.05) is 0 Å². The van der Waals surface area contributed by atoms with Gasteiger partial charge >= 0.3 is 0 Å². The van der Waals surface area contributed by atoms with Gasteiger partial charge in [0.2, 0.25) is 0 Å². The summed E-state index contributed by atoms with van der Waals surface area (Å²) in [4.78, 5) is 15.6. The molecule has 0 saturated heterocycles. The Bertz CT molecular complexity index is 345. The SMILES string of the molecule is Cc1cncc(C(=O)NCCOCCCl)c1. The Morgan fingerprint density at radius 1 is 1.50 bits per heavy atom. The summed E-state index contributed by atoms with van der Waals surface area (Å²) in [5.74, 6) is 0.334. The molecule has 1 aromatic rings. The number of aromatic nitrogens is 1. The van der Waals surface area contributed by atoms with E-state index in [4.69, 9.17) is 16.3 Å². The molecule has 1 rings (SSSR count). The molecule has 0 aliphatic rings. The standard InChI is InChI=1S/C11H15ClN2O2/c1-9-6-10(8-13-7-9)11(15)14-3-5-16-4-2-12/h6-8H,2-5H2,1H3,(H,14,15). The van der Waals surface area contributed by atoms with Crippen LogP contribution in [0.5, 0.6) is 0 Å². The van der Waals surface area contributed by atoms with Crippen LogP contribution in [0.1, 0.15) is 15.9 Å². The predicted octanol–water partition coefficient (Wildman–Crippen LogP) is 1.38. The number of pyridine rings is 1. The second kappa shape index (κ2) is 7.19. The molecule has 0 aliphatic heterocycles. The van der Waals surface area contributed by atoms with E-state index in [2.05, 4.69) is 10.3 Å². The van der Waals surface area contributed by atoms with Crippen molar-refractivity contribution in [3.05, 3.63) is 29.6 Å². The number of nitrogens with one attached hydrogen (secondary N) is 1. The Morgan fingerprint density at radius 3 is 3.00 bits per heavy atom. The zero-order valence-electron chi connectivity index (χ0n) is 9.20. The van der Waals surface area contributed by atoms with Gasteiger partial charge in [-0.3, -0.25) is 9.78 Å². The zero-order chi connectivity index (χ0) is 11.8. The minimum Gasteiger partial charge on any atom is -0.378 e. The molecule has 0 radical (unpaired) electrons. The average molecular weight is 243 g/mol. The summed E-state index contributed by atoms with van der Waals surface area (Å²) in [5, 5.41) is 2.74. The molecule has 1 amide bonds. The van der Waals surface area contributed by atoms with Gasteiger partial charge in [-0.05, 0) is 18.6 Å². The van der Waals surface area contributed by atoms with Crippen molar-refractivity contribution in [1.29, 1.82) is 0 Å². The summed E-state index contributed by atoms with van der Waals surface area (Å²) in [6.07, 6.45) is 3.25. The molecular weight excluding hydrogens is 228 g/mol. The van der Waals surface area contributed by atoms with E-state index in [9.17, 15) is 4.79 Å². The maximum absolute atomic E-state index is 11.6. The first-order valence-corrected chi connectivity index (χ1v) is 5.61. The van der Waals surface area contributed by atoms with Crippen LogP contribution in [0.3, 0.4) is 0 Å².